The van der Waals surface area contributed by atoms with Gasteiger partial charge >= 0.3 is 0 Å². The van der Waals surface area contributed by atoms with E-state index < -0.39 is 5.41 Å². The molecule has 3 rings (SSSR count). The van der Waals surface area contributed by atoms with Gasteiger partial charge in [0.2, 0.25) is 5.91 Å². The van der Waals surface area contributed by atoms with Crippen molar-refractivity contribution in [3.05, 3.63) is 60.2 Å². The fourth-order valence-electron chi connectivity index (χ4n) is 2.99. The highest BCUT2D eigenvalue weighted by Gasteiger charge is 2.47. The van der Waals surface area contributed by atoms with Gasteiger partial charge in [0, 0.05) is 12.1 Å². The van der Waals surface area contributed by atoms with E-state index in [4.69, 9.17) is 5.26 Å². The molecule has 0 saturated heterocycles. The third-order valence-corrected chi connectivity index (χ3v) is 4.17. The molecule has 0 saturated carbocycles. The number of carbonyl (C=O) groups is 1. The number of rotatable bonds is 3. The van der Waals surface area contributed by atoms with Gasteiger partial charge in [0.25, 0.3) is 0 Å². The first-order chi connectivity index (χ1) is 10.2. The molecule has 0 unspecified atom stereocenters. The van der Waals surface area contributed by atoms with Crippen molar-refractivity contribution in [1.82, 2.24) is 0 Å². The minimum atomic E-state index is -0.623. The molecular formula is C18H16N2O. The second-order valence-corrected chi connectivity index (χ2v) is 5.48. The lowest BCUT2D eigenvalue weighted by molar-refractivity contribution is -0.122. The van der Waals surface area contributed by atoms with Crippen molar-refractivity contribution < 1.29 is 4.79 Å². The molecule has 1 aliphatic heterocycles. The van der Waals surface area contributed by atoms with Gasteiger partial charge < -0.3 is 0 Å². The third-order valence-electron chi connectivity index (χ3n) is 4.17. The SMILES string of the molecule is C[C@]1(CCC#N)C(=O)N(c2ccccc2)c2ccccc21. The van der Waals surface area contributed by atoms with Crippen molar-refractivity contribution in [3.8, 4) is 6.07 Å². The van der Waals surface area contributed by atoms with Crippen LogP contribution in [0.15, 0.2) is 54.6 Å². The Morgan fingerprint density at radius 1 is 1.10 bits per heavy atom. The van der Waals surface area contributed by atoms with Gasteiger partial charge in [-0.25, -0.2) is 0 Å². The smallest absolute Gasteiger partial charge is 0.242 e. The maximum atomic E-state index is 13.0. The van der Waals surface area contributed by atoms with Crippen molar-refractivity contribution in [2.75, 3.05) is 4.90 Å². The largest absolute Gasteiger partial charge is 0.280 e. The molecule has 104 valence electrons. The van der Waals surface area contributed by atoms with Gasteiger partial charge in [-0.05, 0) is 37.1 Å². The summed E-state index contributed by atoms with van der Waals surface area (Å²) in [6, 6.07) is 19.7. The Balaban J connectivity index is 2.13. The summed E-state index contributed by atoms with van der Waals surface area (Å²) < 4.78 is 0. The molecule has 1 aliphatic rings. The topological polar surface area (TPSA) is 44.1 Å². The Morgan fingerprint density at radius 2 is 1.76 bits per heavy atom. The van der Waals surface area contributed by atoms with Crippen LogP contribution in [-0.2, 0) is 10.2 Å². The summed E-state index contributed by atoms with van der Waals surface area (Å²) in [5, 5.41) is 8.88. The molecule has 0 aliphatic carbocycles. The summed E-state index contributed by atoms with van der Waals surface area (Å²) in [6.07, 6.45) is 0.919. The maximum Gasteiger partial charge on any atom is 0.242 e. The van der Waals surface area contributed by atoms with Crippen LogP contribution in [0, 0.1) is 11.3 Å². The first-order valence-corrected chi connectivity index (χ1v) is 7.04. The van der Waals surface area contributed by atoms with Crippen LogP contribution < -0.4 is 4.90 Å². The number of nitrogens with zero attached hydrogens (tertiary/aromatic N) is 2. The second-order valence-electron chi connectivity index (χ2n) is 5.48. The predicted octanol–water partition coefficient (Wildman–Crippen LogP) is 3.93. The molecule has 1 amide bonds. The fraction of sp³-hybridized carbons (Fsp3) is 0.222. The molecule has 1 atom stereocenters. The van der Waals surface area contributed by atoms with Gasteiger partial charge in [-0.1, -0.05) is 36.4 Å². The highest BCUT2D eigenvalue weighted by Crippen LogP contribution is 2.47. The first kappa shape index (κ1) is 13.4. The summed E-state index contributed by atoms with van der Waals surface area (Å²) in [4.78, 5) is 14.8. The monoisotopic (exact) mass is 276 g/mol. The normalized spacial score (nSPS) is 20.2. The molecule has 0 spiro atoms. The van der Waals surface area contributed by atoms with Crippen LogP contribution in [0.25, 0.3) is 0 Å². The lowest BCUT2D eigenvalue weighted by Crippen LogP contribution is -2.35. The van der Waals surface area contributed by atoms with Crippen molar-refractivity contribution in [1.29, 1.82) is 5.26 Å². The Morgan fingerprint density at radius 3 is 2.48 bits per heavy atom. The number of hydrogen-bond acceptors (Lipinski definition) is 2. The standard InChI is InChI=1S/C18H16N2O/c1-18(12-7-13-19)15-10-5-6-11-16(15)20(17(18)21)14-8-3-2-4-9-14/h2-6,8-11H,7,12H2,1H3/t18-/m1/s1. The van der Waals surface area contributed by atoms with E-state index >= 15 is 0 Å². The average Bonchev–Trinajstić information content (AvgIpc) is 2.75. The molecule has 2 aromatic rings. The average molecular weight is 276 g/mol. The molecule has 1 heterocycles. The Labute approximate surface area is 124 Å². The molecule has 0 bridgehead atoms. The van der Waals surface area contributed by atoms with E-state index in [1.165, 1.54) is 0 Å². The number of anilines is 2. The Hall–Kier alpha value is -2.60. The van der Waals surface area contributed by atoms with E-state index in [-0.39, 0.29) is 5.91 Å². The number of amides is 1. The zero-order valence-corrected chi connectivity index (χ0v) is 11.9. The van der Waals surface area contributed by atoms with Gasteiger partial charge in [-0.15, -0.1) is 0 Å². The Kier molecular flexibility index (Phi) is 3.23. The molecule has 0 N–H and O–H groups in total. The minimum Gasteiger partial charge on any atom is -0.280 e. The summed E-state index contributed by atoms with van der Waals surface area (Å²) in [5.74, 6) is 0.0464. The van der Waals surface area contributed by atoms with Crippen LogP contribution in [0.1, 0.15) is 25.3 Å². The van der Waals surface area contributed by atoms with Crippen molar-refractivity contribution in [2.45, 2.75) is 25.2 Å². The van der Waals surface area contributed by atoms with Gasteiger partial charge in [-0.2, -0.15) is 5.26 Å². The molecule has 0 aromatic heterocycles. The highest BCUT2D eigenvalue weighted by molar-refractivity contribution is 6.12. The van der Waals surface area contributed by atoms with Crippen molar-refractivity contribution >= 4 is 17.3 Å². The van der Waals surface area contributed by atoms with Gasteiger partial charge in [0.15, 0.2) is 0 Å². The maximum absolute atomic E-state index is 13.0. The van der Waals surface area contributed by atoms with Gasteiger partial charge in [0.1, 0.15) is 0 Å². The van der Waals surface area contributed by atoms with Crippen molar-refractivity contribution in [2.24, 2.45) is 0 Å². The number of nitriles is 1. The van der Waals surface area contributed by atoms with Gasteiger partial charge in [0.05, 0.1) is 17.2 Å². The minimum absolute atomic E-state index is 0.0464. The van der Waals surface area contributed by atoms with Crippen LogP contribution in [0.3, 0.4) is 0 Å². The third kappa shape index (κ3) is 2.00. The zero-order chi connectivity index (χ0) is 14.9. The molecule has 0 radical (unpaired) electrons. The van der Waals surface area contributed by atoms with Crippen LogP contribution in [0.5, 0.6) is 0 Å². The zero-order valence-electron chi connectivity index (χ0n) is 11.9. The molecule has 21 heavy (non-hydrogen) atoms. The quantitative estimate of drug-likeness (QED) is 0.852. The van der Waals surface area contributed by atoms with E-state index in [0.29, 0.717) is 12.8 Å². The summed E-state index contributed by atoms with van der Waals surface area (Å²) in [5.41, 5.74) is 2.18. The van der Waals surface area contributed by atoms with E-state index in [9.17, 15) is 4.79 Å². The highest BCUT2D eigenvalue weighted by atomic mass is 16.2. The summed E-state index contributed by atoms with van der Waals surface area (Å²) in [6.45, 7) is 1.94. The molecular weight excluding hydrogens is 260 g/mol. The molecule has 3 nitrogen and oxygen atoms in total. The van der Waals surface area contributed by atoms with E-state index in [1.54, 1.807) is 4.90 Å². The number of hydrogen-bond donors (Lipinski definition) is 0. The first-order valence-electron chi connectivity index (χ1n) is 7.04. The van der Waals surface area contributed by atoms with E-state index in [2.05, 4.69) is 6.07 Å². The van der Waals surface area contributed by atoms with Gasteiger partial charge in [-0.3, -0.25) is 9.69 Å². The second kappa shape index (κ2) is 5.06. The molecule has 3 heteroatoms. The van der Waals surface area contributed by atoms with Crippen molar-refractivity contribution in [3.63, 3.8) is 0 Å². The number of benzene rings is 2. The lowest BCUT2D eigenvalue weighted by atomic mass is 9.80. The predicted molar refractivity (Wildman–Crippen MR) is 82.2 cm³/mol. The number of fused-ring (bicyclic) bond motifs is 1. The van der Waals surface area contributed by atoms with E-state index in [1.807, 2.05) is 61.5 Å². The van der Waals surface area contributed by atoms with E-state index in [0.717, 1.165) is 16.9 Å². The molecule has 2 aromatic carbocycles. The van der Waals surface area contributed by atoms with Crippen LogP contribution in [0.2, 0.25) is 0 Å². The fourth-order valence-corrected chi connectivity index (χ4v) is 2.99. The number of carbonyl (C=O) groups excluding carboxylic acids is 1. The number of para-hydroxylation sites is 2. The lowest BCUT2D eigenvalue weighted by Gasteiger charge is -2.23. The summed E-state index contributed by atoms with van der Waals surface area (Å²) >= 11 is 0. The van der Waals surface area contributed by atoms with Crippen LogP contribution in [0.4, 0.5) is 11.4 Å². The Bertz CT molecular complexity index is 717. The molecule has 0 fully saturated rings. The van der Waals surface area contributed by atoms with Crippen LogP contribution in [-0.4, -0.2) is 5.91 Å². The van der Waals surface area contributed by atoms with Crippen LogP contribution >= 0.6 is 0 Å². The summed E-state index contributed by atoms with van der Waals surface area (Å²) in [7, 11) is 0.